The first-order valence-corrected chi connectivity index (χ1v) is 6.97. The van der Waals surface area contributed by atoms with E-state index in [0.29, 0.717) is 5.92 Å². The summed E-state index contributed by atoms with van der Waals surface area (Å²) in [6, 6.07) is 0. The molecule has 1 unspecified atom stereocenters. The Bertz CT molecular complexity index is 298. The van der Waals surface area contributed by atoms with Crippen LogP contribution in [-0.4, -0.2) is 11.6 Å². The van der Waals surface area contributed by atoms with Gasteiger partial charge in [-0.2, -0.15) is 0 Å². The Labute approximate surface area is 104 Å². The molecule has 2 aliphatic carbocycles. The summed E-state index contributed by atoms with van der Waals surface area (Å²) in [6.07, 6.45) is 12.2. The zero-order valence-electron chi connectivity index (χ0n) is 11.1. The lowest BCUT2D eigenvalue weighted by Gasteiger charge is -2.35. The van der Waals surface area contributed by atoms with Gasteiger partial charge in [0.2, 0.25) is 0 Å². The molecule has 96 valence electrons. The molecule has 2 aliphatic rings. The number of carbonyl (C=O) groups is 1. The Morgan fingerprint density at radius 1 is 1.18 bits per heavy atom. The molecule has 0 radical (unpaired) electrons. The Balaban J connectivity index is 1.91. The Kier molecular flexibility index (Phi) is 3.90. The number of hydrogen-bond donors (Lipinski definition) is 0. The van der Waals surface area contributed by atoms with Gasteiger partial charge >= 0.3 is 5.97 Å². The van der Waals surface area contributed by atoms with Crippen LogP contribution < -0.4 is 0 Å². The average molecular weight is 236 g/mol. The maximum absolute atomic E-state index is 12.1. The molecule has 0 aromatic heterocycles. The first kappa shape index (κ1) is 12.7. The molecule has 0 bridgehead atoms. The quantitative estimate of drug-likeness (QED) is 0.549. The zero-order chi connectivity index (χ0) is 12.3. The van der Waals surface area contributed by atoms with Crippen molar-refractivity contribution in [2.24, 2.45) is 11.8 Å². The van der Waals surface area contributed by atoms with Gasteiger partial charge in [0, 0.05) is 5.92 Å². The molecule has 2 nitrogen and oxygen atoms in total. The third kappa shape index (κ3) is 3.11. The highest BCUT2D eigenvalue weighted by atomic mass is 16.6. The van der Waals surface area contributed by atoms with Crippen molar-refractivity contribution in [1.82, 2.24) is 0 Å². The molecular weight excluding hydrogens is 212 g/mol. The molecule has 0 heterocycles. The summed E-state index contributed by atoms with van der Waals surface area (Å²) in [6.45, 7) is 4.15. The van der Waals surface area contributed by atoms with Crippen LogP contribution in [0.4, 0.5) is 0 Å². The highest BCUT2D eigenvalue weighted by Gasteiger charge is 2.35. The molecule has 17 heavy (non-hydrogen) atoms. The molecule has 1 fully saturated rings. The van der Waals surface area contributed by atoms with E-state index in [-0.39, 0.29) is 17.5 Å². The third-order valence-electron chi connectivity index (χ3n) is 4.30. The maximum Gasteiger partial charge on any atom is 0.309 e. The second kappa shape index (κ2) is 5.24. The molecule has 1 atom stereocenters. The van der Waals surface area contributed by atoms with Gasteiger partial charge in [0.1, 0.15) is 5.60 Å². The van der Waals surface area contributed by atoms with Crippen molar-refractivity contribution in [3.8, 4) is 0 Å². The van der Waals surface area contributed by atoms with Crippen molar-refractivity contribution in [2.75, 3.05) is 0 Å². The number of hydrogen-bond acceptors (Lipinski definition) is 2. The van der Waals surface area contributed by atoms with Gasteiger partial charge in [-0.05, 0) is 46.0 Å². The summed E-state index contributed by atoms with van der Waals surface area (Å²) >= 11 is 0. The van der Waals surface area contributed by atoms with Crippen LogP contribution >= 0.6 is 0 Å². The van der Waals surface area contributed by atoms with Crippen molar-refractivity contribution in [3.63, 3.8) is 0 Å². The lowest BCUT2D eigenvalue weighted by Crippen LogP contribution is -2.38. The van der Waals surface area contributed by atoms with Gasteiger partial charge in [-0.25, -0.2) is 0 Å². The minimum absolute atomic E-state index is 0.0436. The van der Waals surface area contributed by atoms with Crippen molar-refractivity contribution in [2.45, 2.75) is 64.4 Å². The van der Waals surface area contributed by atoms with E-state index in [2.05, 4.69) is 26.0 Å². The fourth-order valence-electron chi connectivity index (χ4n) is 3.01. The van der Waals surface area contributed by atoms with Gasteiger partial charge in [-0.3, -0.25) is 4.79 Å². The van der Waals surface area contributed by atoms with Crippen LogP contribution in [0.25, 0.3) is 0 Å². The van der Waals surface area contributed by atoms with E-state index in [0.717, 1.165) is 32.1 Å². The minimum Gasteiger partial charge on any atom is -0.459 e. The van der Waals surface area contributed by atoms with Crippen LogP contribution in [0, 0.1) is 11.8 Å². The van der Waals surface area contributed by atoms with E-state index in [1.54, 1.807) is 0 Å². The van der Waals surface area contributed by atoms with E-state index in [9.17, 15) is 4.79 Å². The Morgan fingerprint density at radius 2 is 1.88 bits per heavy atom. The van der Waals surface area contributed by atoms with Gasteiger partial charge < -0.3 is 4.74 Å². The molecule has 2 heteroatoms. The minimum atomic E-state index is -0.301. The highest BCUT2D eigenvalue weighted by Crippen LogP contribution is 2.34. The van der Waals surface area contributed by atoms with Gasteiger partial charge in [0.25, 0.3) is 0 Å². The SMILES string of the molecule is CC(C)(OC(=O)C1CCCC1)C1CC=CCC1. The van der Waals surface area contributed by atoms with Gasteiger partial charge in [0.05, 0.1) is 5.92 Å². The third-order valence-corrected chi connectivity index (χ3v) is 4.30. The van der Waals surface area contributed by atoms with E-state index in [1.807, 2.05) is 0 Å². The molecule has 1 saturated carbocycles. The fraction of sp³-hybridized carbons (Fsp3) is 0.800. The van der Waals surface area contributed by atoms with Gasteiger partial charge in [-0.15, -0.1) is 0 Å². The maximum atomic E-state index is 12.1. The normalized spacial score (nSPS) is 26.1. The molecule has 0 aromatic rings. The van der Waals surface area contributed by atoms with Gasteiger partial charge in [0.15, 0.2) is 0 Å². The lowest BCUT2D eigenvalue weighted by molar-refractivity contribution is -0.167. The number of allylic oxidation sites excluding steroid dienone is 2. The number of ether oxygens (including phenoxy) is 1. The highest BCUT2D eigenvalue weighted by molar-refractivity contribution is 5.73. The van der Waals surface area contributed by atoms with E-state index in [1.165, 1.54) is 12.8 Å². The van der Waals surface area contributed by atoms with Crippen molar-refractivity contribution < 1.29 is 9.53 Å². The molecule has 0 aromatic carbocycles. The van der Waals surface area contributed by atoms with Crippen LogP contribution in [-0.2, 0) is 9.53 Å². The predicted molar refractivity (Wildman–Crippen MR) is 68.6 cm³/mol. The van der Waals surface area contributed by atoms with Crippen molar-refractivity contribution in [1.29, 1.82) is 0 Å². The summed E-state index contributed by atoms with van der Waals surface area (Å²) in [5, 5.41) is 0. The first-order chi connectivity index (χ1) is 8.09. The Morgan fingerprint density at radius 3 is 2.47 bits per heavy atom. The molecule has 0 amide bonds. The second-order valence-corrected chi connectivity index (χ2v) is 5.99. The van der Waals surface area contributed by atoms with Crippen LogP contribution in [0.1, 0.15) is 58.8 Å². The smallest absolute Gasteiger partial charge is 0.309 e. The number of carbonyl (C=O) groups excluding carboxylic acids is 1. The lowest BCUT2D eigenvalue weighted by atomic mass is 9.81. The Hall–Kier alpha value is -0.790. The van der Waals surface area contributed by atoms with Gasteiger partial charge in [-0.1, -0.05) is 25.0 Å². The van der Waals surface area contributed by atoms with Crippen LogP contribution in [0.15, 0.2) is 12.2 Å². The number of esters is 1. The van der Waals surface area contributed by atoms with Crippen LogP contribution in [0.2, 0.25) is 0 Å². The summed E-state index contributed by atoms with van der Waals surface area (Å²) in [4.78, 5) is 12.1. The molecule has 0 N–H and O–H groups in total. The van der Waals surface area contributed by atoms with Crippen LogP contribution in [0.3, 0.4) is 0 Å². The largest absolute Gasteiger partial charge is 0.459 e. The molecule has 0 saturated heterocycles. The van der Waals surface area contributed by atoms with Crippen LogP contribution in [0.5, 0.6) is 0 Å². The molecule has 0 spiro atoms. The first-order valence-electron chi connectivity index (χ1n) is 6.97. The van der Waals surface area contributed by atoms with Crippen molar-refractivity contribution in [3.05, 3.63) is 12.2 Å². The topological polar surface area (TPSA) is 26.3 Å². The zero-order valence-corrected chi connectivity index (χ0v) is 11.1. The average Bonchev–Trinajstić information content (AvgIpc) is 2.83. The van der Waals surface area contributed by atoms with E-state index in [4.69, 9.17) is 4.74 Å². The summed E-state index contributed by atoms with van der Waals surface area (Å²) < 4.78 is 5.79. The summed E-state index contributed by atoms with van der Waals surface area (Å²) in [7, 11) is 0. The molecule has 2 rings (SSSR count). The summed E-state index contributed by atoms with van der Waals surface area (Å²) in [5.41, 5.74) is -0.301. The molecular formula is C15H24O2. The predicted octanol–water partition coefficient (Wildman–Crippen LogP) is 3.85. The standard InChI is InChI=1S/C15H24O2/c1-15(2,13-10-4-3-5-11-13)17-14(16)12-8-6-7-9-12/h3-4,12-13H,5-11H2,1-2H3. The monoisotopic (exact) mass is 236 g/mol. The number of rotatable bonds is 3. The fourth-order valence-corrected chi connectivity index (χ4v) is 3.01. The summed E-state index contributed by atoms with van der Waals surface area (Å²) in [5.74, 6) is 0.702. The molecule has 0 aliphatic heterocycles. The van der Waals surface area contributed by atoms with E-state index >= 15 is 0 Å². The van der Waals surface area contributed by atoms with E-state index < -0.39 is 0 Å². The second-order valence-electron chi connectivity index (χ2n) is 5.99. The van der Waals surface area contributed by atoms with Crippen molar-refractivity contribution >= 4 is 5.97 Å².